The number of carbonyl (C=O) groups excluding carboxylic acids is 1. The van der Waals surface area contributed by atoms with Gasteiger partial charge < -0.3 is 15.0 Å². The Bertz CT molecular complexity index is 1490. The van der Waals surface area contributed by atoms with Crippen molar-refractivity contribution in [2.75, 3.05) is 24.6 Å². The van der Waals surface area contributed by atoms with Crippen molar-refractivity contribution >= 4 is 17.2 Å². The summed E-state index contributed by atoms with van der Waals surface area (Å²) in [5.74, 6) is 1.86. The van der Waals surface area contributed by atoms with Gasteiger partial charge in [0.05, 0.1) is 36.1 Å². The molecule has 5 heterocycles. The summed E-state index contributed by atoms with van der Waals surface area (Å²) in [7, 11) is 0. The smallest absolute Gasteiger partial charge is 0.271 e. The predicted molar refractivity (Wildman–Crippen MR) is 137 cm³/mol. The molecule has 0 unspecified atom stereocenters. The molecule has 2 aliphatic rings. The van der Waals surface area contributed by atoms with E-state index in [1.807, 2.05) is 35.3 Å². The number of nitrogens with one attached hydrogen (secondary N) is 1. The highest BCUT2D eigenvalue weighted by Crippen LogP contribution is 2.33. The molecule has 1 aliphatic carbocycles. The van der Waals surface area contributed by atoms with Gasteiger partial charge in [-0.1, -0.05) is 13.8 Å². The van der Waals surface area contributed by atoms with Gasteiger partial charge >= 0.3 is 0 Å². The Morgan fingerprint density at radius 2 is 2.08 bits per heavy atom. The van der Waals surface area contributed by atoms with Gasteiger partial charge in [0.25, 0.3) is 5.91 Å². The first-order valence-corrected chi connectivity index (χ1v) is 12.6. The number of anilines is 1. The number of aromatic nitrogens is 5. The van der Waals surface area contributed by atoms with Gasteiger partial charge in [-0.25, -0.2) is 9.50 Å². The molecule has 10 heteroatoms. The van der Waals surface area contributed by atoms with Gasteiger partial charge in [0.15, 0.2) is 0 Å². The van der Waals surface area contributed by atoms with Gasteiger partial charge in [-0.05, 0) is 43.0 Å². The lowest BCUT2D eigenvalue weighted by Gasteiger charge is -2.40. The molecule has 37 heavy (non-hydrogen) atoms. The zero-order chi connectivity index (χ0) is 25.5. The molecule has 1 N–H and O–H groups in total. The van der Waals surface area contributed by atoms with E-state index in [1.54, 1.807) is 23.0 Å². The second-order valence-corrected chi connectivity index (χ2v) is 10.2. The van der Waals surface area contributed by atoms with Gasteiger partial charge in [-0.15, -0.1) is 0 Å². The third-order valence-electron chi connectivity index (χ3n) is 6.66. The Hall–Kier alpha value is -4.39. The Kier molecular flexibility index (Phi) is 5.75. The maximum Gasteiger partial charge on any atom is 0.271 e. The van der Waals surface area contributed by atoms with E-state index in [0.717, 1.165) is 48.4 Å². The minimum absolute atomic E-state index is 0.0970. The number of amides is 1. The van der Waals surface area contributed by atoms with E-state index in [4.69, 9.17) is 9.72 Å². The van der Waals surface area contributed by atoms with Crippen LogP contribution in [0.25, 0.3) is 16.6 Å². The van der Waals surface area contributed by atoms with Crippen LogP contribution in [0.15, 0.2) is 49.1 Å². The molecule has 0 spiro atoms. The van der Waals surface area contributed by atoms with Crippen LogP contribution in [0.5, 0.6) is 5.75 Å². The molecule has 4 aromatic rings. The number of carbonyl (C=O) groups is 1. The summed E-state index contributed by atoms with van der Waals surface area (Å²) in [4.78, 5) is 19.1. The zero-order valence-electron chi connectivity index (χ0n) is 20.8. The average Bonchev–Trinajstić information content (AvgIpc) is 3.37. The molecule has 6 rings (SSSR count). The summed E-state index contributed by atoms with van der Waals surface area (Å²) < 4.78 is 9.52. The highest BCUT2D eigenvalue weighted by Gasteiger charge is 2.31. The average molecular weight is 497 g/mol. The van der Waals surface area contributed by atoms with Crippen LogP contribution in [0, 0.1) is 17.2 Å². The molecule has 1 amide bonds. The third-order valence-corrected chi connectivity index (χ3v) is 6.66. The Morgan fingerprint density at radius 1 is 1.24 bits per heavy atom. The van der Waals surface area contributed by atoms with Crippen molar-refractivity contribution in [2.24, 2.45) is 5.92 Å². The maximum atomic E-state index is 12.2. The molecule has 4 aromatic heterocycles. The number of rotatable bonds is 8. The van der Waals surface area contributed by atoms with Crippen LogP contribution in [-0.2, 0) is 0 Å². The standard InChI is InChI=1S/C27H28N8O2/c1-17(2)16-37-22-9-23(26-19(10-28)12-30-35(26)15-22)18-3-6-25(29-11-18)33-13-21(14-33)34-8-7-24(32-34)27(36)31-20-4-5-20/h3,6-9,11-12,15,17,20-21H,4-5,13-14,16H2,1-2H3,(H,31,36). The topological polar surface area (TPSA) is 113 Å². The van der Waals surface area contributed by atoms with Crippen LogP contribution in [0.4, 0.5) is 5.82 Å². The fourth-order valence-corrected chi connectivity index (χ4v) is 4.43. The largest absolute Gasteiger partial charge is 0.492 e. The summed E-state index contributed by atoms with van der Waals surface area (Å²) >= 11 is 0. The molecule has 1 aliphatic heterocycles. The van der Waals surface area contributed by atoms with Crippen LogP contribution in [0.1, 0.15) is 48.8 Å². The van der Waals surface area contributed by atoms with Crippen molar-refractivity contribution in [3.05, 3.63) is 60.3 Å². The number of pyridine rings is 2. The Labute approximate surface area is 214 Å². The van der Waals surface area contributed by atoms with E-state index in [-0.39, 0.29) is 11.9 Å². The lowest BCUT2D eigenvalue weighted by atomic mass is 10.0. The van der Waals surface area contributed by atoms with Gasteiger partial charge in [0, 0.05) is 42.7 Å². The summed E-state index contributed by atoms with van der Waals surface area (Å²) in [6, 6.07) is 10.5. The van der Waals surface area contributed by atoms with Gasteiger partial charge in [0.2, 0.25) is 0 Å². The Balaban J connectivity index is 1.17. The normalized spacial score (nSPS) is 15.6. The van der Waals surface area contributed by atoms with E-state index in [9.17, 15) is 10.1 Å². The zero-order valence-corrected chi connectivity index (χ0v) is 20.8. The number of ether oxygens (including phenoxy) is 1. The van der Waals surface area contributed by atoms with Gasteiger partial charge in [-0.2, -0.15) is 15.5 Å². The second-order valence-electron chi connectivity index (χ2n) is 10.2. The molecule has 1 saturated carbocycles. The fourth-order valence-electron chi connectivity index (χ4n) is 4.43. The van der Waals surface area contributed by atoms with E-state index < -0.39 is 0 Å². The van der Waals surface area contributed by atoms with Crippen molar-refractivity contribution in [1.29, 1.82) is 5.26 Å². The van der Waals surface area contributed by atoms with E-state index in [0.29, 0.717) is 35.6 Å². The molecular weight excluding hydrogens is 468 g/mol. The minimum atomic E-state index is -0.0970. The van der Waals surface area contributed by atoms with E-state index in [1.165, 1.54) is 0 Å². The molecule has 0 aromatic carbocycles. The second kappa shape index (κ2) is 9.24. The maximum absolute atomic E-state index is 12.2. The van der Waals surface area contributed by atoms with Crippen LogP contribution in [-0.4, -0.2) is 56.0 Å². The predicted octanol–water partition coefficient (Wildman–Crippen LogP) is 3.45. The van der Waals surface area contributed by atoms with Crippen molar-refractivity contribution in [2.45, 2.75) is 38.8 Å². The quantitative estimate of drug-likeness (QED) is 0.397. The molecule has 2 fully saturated rings. The molecule has 10 nitrogen and oxygen atoms in total. The number of nitrogens with zero attached hydrogens (tertiary/aromatic N) is 7. The lowest BCUT2D eigenvalue weighted by Crippen LogP contribution is -2.48. The monoisotopic (exact) mass is 496 g/mol. The fraction of sp³-hybridized carbons (Fsp3) is 0.370. The number of fused-ring (bicyclic) bond motifs is 1. The summed E-state index contributed by atoms with van der Waals surface area (Å²) in [6.45, 7) is 6.32. The third kappa shape index (κ3) is 4.60. The van der Waals surface area contributed by atoms with Crippen LogP contribution in [0.3, 0.4) is 0 Å². The van der Waals surface area contributed by atoms with Gasteiger partial charge in [0.1, 0.15) is 23.3 Å². The molecule has 0 atom stereocenters. The first-order valence-electron chi connectivity index (χ1n) is 12.6. The minimum Gasteiger partial charge on any atom is -0.492 e. The first kappa shape index (κ1) is 23.0. The highest BCUT2D eigenvalue weighted by molar-refractivity contribution is 5.92. The number of hydrogen-bond acceptors (Lipinski definition) is 7. The van der Waals surface area contributed by atoms with Crippen LogP contribution in [0.2, 0.25) is 0 Å². The SMILES string of the molecule is CC(C)COc1cc(-c2ccc(N3CC(n4ccc(C(=O)NC5CC5)n4)C3)nc2)c2c(C#N)cnn2c1. The van der Waals surface area contributed by atoms with Crippen molar-refractivity contribution < 1.29 is 9.53 Å². The number of nitriles is 1. The van der Waals surface area contributed by atoms with E-state index >= 15 is 0 Å². The van der Waals surface area contributed by atoms with Crippen molar-refractivity contribution in [3.63, 3.8) is 0 Å². The van der Waals surface area contributed by atoms with E-state index in [2.05, 4.69) is 40.3 Å². The van der Waals surface area contributed by atoms with Gasteiger partial charge in [-0.3, -0.25) is 9.48 Å². The summed E-state index contributed by atoms with van der Waals surface area (Å²) in [6.07, 6.45) is 9.19. The van der Waals surface area contributed by atoms with Crippen LogP contribution >= 0.6 is 0 Å². The van der Waals surface area contributed by atoms with Crippen LogP contribution < -0.4 is 15.0 Å². The lowest BCUT2D eigenvalue weighted by molar-refractivity contribution is 0.0944. The summed E-state index contributed by atoms with van der Waals surface area (Å²) in [5, 5.41) is 21.4. The molecule has 188 valence electrons. The Morgan fingerprint density at radius 3 is 2.78 bits per heavy atom. The summed E-state index contributed by atoms with van der Waals surface area (Å²) in [5.41, 5.74) is 3.44. The molecular formula is C27H28N8O2. The highest BCUT2D eigenvalue weighted by atomic mass is 16.5. The van der Waals surface area contributed by atoms with Crippen molar-refractivity contribution in [1.82, 2.24) is 29.7 Å². The molecule has 0 bridgehead atoms. The molecule has 1 saturated heterocycles. The van der Waals surface area contributed by atoms with Crippen molar-refractivity contribution in [3.8, 4) is 22.9 Å². The number of hydrogen-bond donors (Lipinski definition) is 1. The molecule has 0 radical (unpaired) electrons. The first-order chi connectivity index (χ1) is 18.0.